The van der Waals surface area contributed by atoms with Gasteiger partial charge in [0.05, 0.1) is 5.41 Å². The Labute approximate surface area is 226 Å². The average molecular weight is 538 g/mol. The van der Waals surface area contributed by atoms with Crippen LogP contribution in [0.25, 0.3) is 33.0 Å². The first-order valence-electron chi connectivity index (χ1n) is 13.1. The molecule has 0 fully saturated rings. The number of fused-ring (bicyclic) bond motifs is 11. The summed E-state index contributed by atoms with van der Waals surface area (Å²) in [5, 5.41) is 2.66. The fourth-order valence-corrected chi connectivity index (χ4v) is 7.81. The second-order valence-corrected chi connectivity index (χ2v) is 11.6. The van der Waals surface area contributed by atoms with Crippen LogP contribution in [-0.4, -0.2) is 0 Å². The zero-order chi connectivity index (χ0) is 24.7. The van der Waals surface area contributed by atoms with E-state index in [1.807, 2.05) is 0 Å². The monoisotopic (exact) mass is 536 g/mol. The smallest absolute Gasteiger partial charge is 0.0619 e. The maximum Gasteiger partial charge on any atom is 0.0688 e. The Morgan fingerprint density at radius 3 is 2.16 bits per heavy atom. The zero-order valence-electron chi connectivity index (χ0n) is 20.6. The van der Waals surface area contributed by atoms with E-state index in [-0.39, 0.29) is 5.41 Å². The van der Waals surface area contributed by atoms with Crippen LogP contribution in [0.4, 0.5) is 0 Å². The second-order valence-electron chi connectivity index (χ2n) is 10.7. The van der Waals surface area contributed by atoms with Crippen molar-refractivity contribution in [1.29, 1.82) is 0 Å². The molecule has 0 N–H and O–H groups in total. The molecule has 0 saturated heterocycles. The first-order chi connectivity index (χ1) is 18.2. The van der Waals surface area contributed by atoms with Gasteiger partial charge in [-0.25, -0.2) is 0 Å². The molecule has 5 aromatic rings. The number of hydrogen-bond acceptors (Lipinski definition) is 0. The Morgan fingerprint density at radius 1 is 0.703 bits per heavy atom. The Balaban J connectivity index is 1.53. The SMILES string of the molecule is CC1CC2=C(C=C1c1cccc(Br)c1)c1c(ccc3ccccc13)C21c2ccccc2-c2ccccc21. The summed E-state index contributed by atoms with van der Waals surface area (Å²) in [6.07, 6.45) is 3.56. The van der Waals surface area contributed by atoms with Gasteiger partial charge in [0.2, 0.25) is 0 Å². The van der Waals surface area contributed by atoms with Crippen LogP contribution in [0.15, 0.2) is 125 Å². The highest BCUT2D eigenvalue weighted by Crippen LogP contribution is 2.65. The molecule has 3 aliphatic rings. The maximum absolute atomic E-state index is 3.71. The van der Waals surface area contributed by atoms with Crippen molar-refractivity contribution in [1.82, 2.24) is 0 Å². The second kappa shape index (κ2) is 7.66. The van der Waals surface area contributed by atoms with Crippen molar-refractivity contribution in [3.8, 4) is 11.1 Å². The van der Waals surface area contributed by atoms with Crippen molar-refractivity contribution in [3.05, 3.63) is 153 Å². The van der Waals surface area contributed by atoms with Crippen molar-refractivity contribution < 1.29 is 0 Å². The molecule has 37 heavy (non-hydrogen) atoms. The topological polar surface area (TPSA) is 0 Å². The van der Waals surface area contributed by atoms with Gasteiger partial charge in [-0.2, -0.15) is 0 Å². The van der Waals surface area contributed by atoms with E-state index >= 15 is 0 Å². The molecule has 8 rings (SSSR count). The zero-order valence-corrected chi connectivity index (χ0v) is 22.2. The van der Waals surface area contributed by atoms with Crippen LogP contribution >= 0.6 is 15.9 Å². The standard InChI is InChI=1S/C36H25Br/c1-22-19-34-30(21-29(22)24-10-8-11-25(37)20-24)35-26-12-3-2-9-23(26)17-18-33(35)36(34)31-15-6-4-13-27(31)28-14-5-7-16-32(28)36/h2-18,20-22H,19H2,1H3. The van der Waals surface area contributed by atoms with E-state index in [0.717, 1.165) is 10.9 Å². The molecule has 0 heterocycles. The van der Waals surface area contributed by atoms with E-state index in [9.17, 15) is 0 Å². The normalized spacial score (nSPS) is 18.4. The molecule has 5 aromatic carbocycles. The summed E-state index contributed by atoms with van der Waals surface area (Å²) >= 11 is 3.71. The van der Waals surface area contributed by atoms with Gasteiger partial charge in [-0.05, 0) is 90.9 Å². The molecule has 0 saturated carbocycles. The van der Waals surface area contributed by atoms with Crippen molar-refractivity contribution >= 4 is 37.8 Å². The number of rotatable bonds is 1. The van der Waals surface area contributed by atoms with E-state index in [0.29, 0.717) is 5.92 Å². The Hall–Kier alpha value is -3.68. The van der Waals surface area contributed by atoms with Gasteiger partial charge >= 0.3 is 0 Å². The highest BCUT2D eigenvalue weighted by molar-refractivity contribution is 9.10. The molecule has 0 radical (unpaired) electrons. The molecule has 1 spiro atoms. The number of halogens is 1. The summed E-state index contributed by atoms with van der Waals surface area (Å²) in [5.74, 6) is 0.422. The largest absolute Gasteiger partial charge is 0.0688 e. The average Bonchev–Trinajstić information content (AvgIpc) is 3.39. The van der Waals surface area contributed by atoms with Crippen LogP contribution < -0.4 is 0 Å². The third kappa shape index (κ3) is 2.73. The van der Waals surface area contributed by atoms with Crippen molar-refractivity contribution in [2.75, 3.05) is 0 Å². The van der Waals surface area contributed by atoms with Crippen LogP contribution in [-0.2, 0) is 5.41 Å². The molecule has 1 heteroatoms. The molecular formula is C36H25Br. The lowest BCUT2D eigenvalue weighted by atomic mass is 9.66. The fourth-order valence-electron chi connectivity index (χ4n) is 7.41. The van der Waals surface area contributed by atoms with Gasteiger partial charge in [-0.15, -0.1) is 0 Å². The molecule has 0 bridgehead atoms. The van der Waals surface area contributed by atoms with Crippen LogP contribution in [0.3, 0.4) is 0 Å². The van der Waals surface area contributed by atoms with E-state index < -0.39 is 0 Å². The van der Waals surface area contributed by atoms with E-state index in [4.69, 9.17) is 0 Å². The van der Waals surface area contributed by atoms with Gasteiger partial charge in [0.15, 0.2) is 0 Å². The van der Waals surface area contributed by atoms with Gasteiger partial charge in [0, 0.05) is 4.47 Å². The van der Waals surface area contributed by atoms with Gasteiger partial charge in [-0.1, -0.05) is 126 Å². The number of hydrogen-bond donors (Lipinski definition) is 0. The number of allylic oxidation sites excluding steroid dienone is 4. The van der Waals surface area contributed by atoms with E-state index in [1.165, 1.54) is 60.9 Å². The van der Waals surface area contributed by atoms with Gasteiger partial charge in [-0.3, -0.25) is 0 Å². The minimum Gasteiger partial charge on any atom is -0.0619 e. The molecule has 3 aliphatic carbocycles. The summed E-state index contributed by atoms with van der Waals surface area (Å²) < 4.78 is 1.13. The molecule has 0 amide bonds. The molecular weight excluding hydrogens is 512 g/mol. The van der Waals surface area contributed by atoms with Gasteiger partial charge in [0.1, 0.15) is 0 Å². The molecule has 1 atom stereocenters. The Bertz CT molecular complexity index is 1790. The first-order valence-corrected chi connectivity index (χ1v) is 13.9. The van der Waals surface area contributed by atoms with Gasteiger partial charge < -0.3 is 0 Å². The predicted molar refractivity (Wildman–Crippen MR) is 159 cm³/mol. The fraction of sp³-hybridized carbons (Fsp3) is 0.111. The summed E-state index contributed by atoms with van der Waals surface area (Å²) in [6.45, 7) is 2.40. The van der Waals surface area contributed by atoms with E-state index in [2.05, 4.69) is 138 Å². The molecule has 0 aromatic heterocycles. The highest BCUT2D eigenvalue weighted by atomic mass is 79.9. The van der Waals surface area contributed by atoms with Crippen molar-refractivity contribution in [3.63, 3.8) is 0 Å². The van der Waals surface area contributed by atoms with Crippen LogP contribution in [0.2, 0.25) is 0 Å². The first kappa shape index (κ1) is 21.4. The maximum atomic E-state index is 3.71. The summed E-state index contributed by atoms with van der Waals surface area (Å²) in [7, 11) is 0. The molecule has 1 unspecified atom stereocenters. The quantitative estimate of drug-likeness (QED) is 0.200. The third-order valence-corrected chi connectivity index (χ3v) is 9.32. The summed E-state index contributed by atoms with van der Waals surface area (Å²) in [5.41, 5.74) is 13.9. The van der Waals surface area contributed by atoms with Crippen LogP contribution in [0, 0.1) is 5.92 Å². The Kier molecular flexibility index (Phi) is 4.43. The van der Waals surface area contributed by atoms with Crippen molar-refractivity contribution in [2.45, 2.75) is 18.8 Å². The van der Waals surface area contributed by atoms with Crippen LogP contribution in [0.1, 0.15) is 41.2 Å². The van der Waals surface area contributed by atoms with E-state index in [1.54, 1.807) is 5.57 Å². The lowest BCUT2D eigenvalue weighted by Crippen LogP contribution is -2.29. The molecule has 0 aliphatic heterocycles. The summed E-state index contributed by atoms with van der Waals surface area (Å²) in [4.78, 5) is 0. The summed E-state index contributed by atoms with van der Waals surface area (Å²) in [6, 6.07) is 40.7. The Morgan fingerprint density at radius 2 is 1.41 bits per heavy atom. The van der Waals surface area contributed by atoms with Crippen molar-refractivity contribution in [2.24, 2.45) is 5.92 Å². The molecule has 0 nitrogen and oxygen atoms in total. The third-order valence-electron chi connectivity index (χ3n) is 8.83. The lowest BCUT2D eigenvalue weighted by Gasteiger charge is -2.35. The minimum atomic E-state index is -0.241. The lowest BCUT2D eigenvalue weighted by molar-refractivity contribution is 0.642. The predicted octanol–water partition coefficient (Wildman–Crippen LogP) is 9.81. The van der Waals surface area contributed by atoms with Gasteiger partial charge in [0.25, 0.3) is 0 Å². The highest BCUT2D eigenvalue weighted by Gasteiger charge is 2.53. The minimum absolute atomic E-state index is 0.241. The van der Waals surface area contributed by atoms with Crippen LogP contribution in [0.5, 0.6) is 0 Å². The molecule has 176 valence electrons. The number of benzene rings is 5.